The topological polar surface area (TPSA) is 72.3 Å². The summed E-state index contributed by atoms with van der Waals surface area (Å²) in [6, 6.07) is 0. The summed E-state index contributed by atoms with van der Waals surface area (Å²) in [4.78, 5) is 14.6. The molecule has 0 unspecified atom stereocenters. The van der Waals surface area contributed by atoms with Gasteiger partial charge in [0.1, 0.15) is 0 Å². The minimum absolute atomic E-state index is 0.0682. The Hall–Kier alpha value is -1.28. The second kappa shape index (κ2) is 7.95. The highest BCUT2D eigenvalue weighted by Crippen LogP contribution is 2.31. The van der Waals surface area contributed by atoms with Gasteiger partial charge in [0.05, 0.1) is 17.9 Å². The van der Waals surface area contributed by atoms with Gasteiger partial charge in [0.2, 0.25) is 11.9 Å². The van der Waals surface area contributed by atoms with Crippen molar-refractivity contribution in [2.45, 2.75) is 68.0 Å². The largest absolute Gasteiger partial charge is 0.376 e. The average molecular weight is 366 g/mol. The van der Waals surface area contributed by atoms with Crippen molar-refractivity contribution in [2.24, 2.45) is 0 Å². The average Bonchev–Trinajstić information content (AvgIpc) is 3.34. The van der Waals surface area contributed by atoms with Crippen LogP contribution in [-0.2, 0) is 16.1 Å². The van der Waals surface area contributed by atoms with Crippen LogP contribution < -0.4 is 10.2 Å². The molecule has 0 aliphatic carbocycles. The van der Waals surface area contributed by atoms with Gasteiger partial charge in [-0.25, -0.2) is 0 Å². The predicted octanol–water partition coefficient (Wildman–Crippen LogP) is 1.82. The molecule has 2 atom stereocenters. The van der Waals surface area contributed by atoms with Crippen LogP contribution in [-0.4, -0.2) is 58.3 Å². The number of nitrogens with zero attached hydrogens (tertiary/aromatic N) is 4. The Bertz CT molecular complexity index is 596. The number of hydrogen-bond acceptors (Lipinski definition) is 6. The predicted molar refractivity (Wildman–Crippen MR) is 96.9 cm³/mol. The molecule has 1 aromatic heterocycles. The van der Waals surface area contributed by atoms with Gasteiger partial charge in [-0.1, -0.05) is 18.2 Å². The molecule has 138 valence electrons. The Morgan fingerprint density at radius 2 is 2.00 bits per heavy atom. The fourth-order valence-electron chi connectivity index (χ4n) is 3.82. The minimum atomic E-state index is -0.0682. The van der Waals surface area contributed by atoms with Crippen molar-refractivity contribution in [1.82, 2.24) is 20.1 Å². The maximum absolute atomic E-state index is 12.3. The molecule has 0 spiro atoms. The van der Waals surface area contributed by atoms with Crippen LogP contribution in [0.2, 0.25) is 0 Å². The van der Waals surface area contributed by atoms with Crippen LogP contribution in [0.4, 0.5) is 5.95 Å². The molecule has 4 rings (SSSR count). The van der Waals surface area contributed by atoms with E-state index < -0.39 is 0 Å². The molecule has 7 nitrogen and oxygen atoms in total. The Balaban J connectivity index is 1.55. The highest BCUT2D eigenvalue weighted by molar-refractivity contribution is 8.00. The van der Waals surface area contributed by atoms with Gasteiger partial charge in [-0.15, -0.1) is 10.2 Å². The molecule has 3 fully saturated rings. The summed E-state index contributed by atoms with van der Waals surface area (Å²) in [6.07, 6.45) is 7.91. The van der Waals surface area contributed by atoms with E-state index in [1.54, 1.807) is 11.8 Å². The van der Waals surface area contributed by atoms with Crippen LogP contribution in [0.25, 0.3) is 0 Å². The van der Waals surface area contributed by atoms with Crippen LogP contribution in [0.3, 0.4) is 0 Å². The maximum Gasteiger partial charge on any atom is 0.233 e. The third-order valence-corrected chi connectivity index (χ3v) is 6.48. The first kappa shape index (κ1) is 17.1. The number of hydrogen-bond donors (Lipinski definition) is 1. The van der Waals surface area contributed by atoms with Crippen molar-refractivity contribution in [1.29, 1.82) is 0 Å². The summed E-state index contributed by atoms with van der Waals surface area (Å²) in [6.45, 7) is 4.50. The van der Waals surface area contributed by atoms with E-state index in [2.05, 4.69) is 25.0 Å². The van der Waals surface area contributed by atoms with Crippen LogP contribution in [0.15, 0.2) is 5.16 Å². The van der Waals surface area contributed by atoms with E-state index in [0.29, 0.717) is 0 Å². The van der Waals surface area contributed by atoms with Crippen molar-refractivity contribution in [3.8, 4) is 0 Å². The van der Waals surface area contributed by atoms with E-state index in [1.807, 2.05) is 0 Å². The molecular weight excluding hydrogens is 338 g/mol. The number of thioether (sulfide) groups is 1. The van der Waals surface area contributed by atoms with Gasteiger partial charge in [0.15, 0.2) is 5.16 Å². The summed E-state index contributed by atoms with van der Waals surface area (Å²) >= 11 is 1.57. The number of carbonyl (C=O) groups excluding carboxylic acids is 1. The number of ether oxygens (including phenoxy) is 1. The smallest absolute Gasteiger partial charge is 0.233 e. The first-order valence-corrected chi connectivity index (χ1v) is 10.4. The van der Waals surface area contributed by atoms with Gasteiger partial charge in [-0.3, -0.25) is 9.36 Å². The van der Waals surface area contributed by atoms with Crippen LogP contribution >= 0.6 is 11.8 Å². The molecule has 0 radical (unpaired) electrons. The molecule has 1 aromatic rings. The second-order valence-electron chi connectivity index (χ2n) is 7.12. The summed E-state index contributed by atoms with van der Waals surface area (Å²) in [7, 11) is 0. The van der Waals surface area contributed by atoms with Gasteiger partial charge in [0, 0.05) is 26.2 Å². The number of anilines is 1. The Labute approximate surface area is 152 Å². The SMILES string of the molecule is O=C1NCCCC[C@@H]1Sc1nnc(N2CCCC2)n1C[C@@H]1CCCO1. The number of rotatable bonds is 5. The highest BCUT2D eigenvalue weighted by Gasteiger charge is 2.29. The Morgan fingerprint density at radius 3 is 2.80 bits per heavy atom. The molecule has 0 bridgehead atoms. The molecular formula is C17H27N5O2S. The minimum Gasteiger partial charge on any atom is -0.376 e. The summed E-state index contributed by atoms with van der Waals surface area (Å²) in [5.74, 6) is 1.08. The van der Waals surface area contributed by atoms with Crippen molar-refractivity contribution < 1.29 is 9.53 Å². The van der Waals surface area contributed by atoms with Crippen molar-refractivity contribution >= 4 is 23.6 Å². The lowest BCUT2D eigenvalue weighted by atomic mass is 10.2. The fraction of sp³-hybridized carbons (Fsp3) is 0.824. The lowest BCUT2D eigenvalue weighted by Crippen LogP contribution is -2.31. The molecule has 25 heavy (non-hydrogen) atoms. The standard InChI is InChI=1S/C17H27N5O2S/c23-15-14(7-1-2-8-18-15)25-17-20-19-16(21-9-3-4-10-21)22(17)12-13-6-5-11-24-13/h13-14H,1-12H2,(H,18,23)/t13-,14-/m0/s1. The Kier molecular flexibility index (Phi) is 5.45. The first-order valence-electron chi connectivity index (χ1n) is 9.55. The lowest BCUT2D eigenvalue weighted by Gasteiger charge is -2.21. The van der Waals surface area contributed by atoms with Gasteiger partial charge < -0.3 is 15.0 Å². The summed E-state index contributed by atoms with van der Waals surface area (Å²) in [5.41, 5.74) is 0. The normalized spacial score (nSPS) is 27.5. The zero-order valence-corrected chi connectivity index (χ0v) is 15.5. The molecule has 1 amide bonds. The molecule has 0 saturated carbocycles. The second-order valence-corrected chi connectivity index (χ2v) is 8.29. The Morgan fingerprint density at radius 1 is 1.12 bits per heavy atom. The van der Waals surface area contributed by atoms with E-state index in [4.69, 9.17) is 4.74 Å². The zero-order chi connectivity index (χ0) is 17.1. The van der Waals surface area contributed by atoms with Gasteiger partial charge in [-0.05, 0) is 38.5 Å². The monoisotopic (exact) mass is 365 g/mol. The van der Waals surface area contributed by atoms with Crippen molar-refractivity contribution in [3.05, 3.63) is 0 Å². The first-order chi connectivity index (χ1) is 12.3. The number of aromatic nitrogens is 3. The van der Waals surface area contributed by atoms with Crippen molar-refractivity contribution in [2.75, 3.05) is 31.1 Å². The molecule has 3 aliphatic heterocycles. The van der Waals surface area contributed by atoms with E-state index >= 15 is 0 Å². The lowest BCUT2D eigenvalue weighted by molar-refractivity contribution is -0.120. The van der Waals surface area contributed by atoms with E-state index in [0.717, 1.165) is 76.0 Å². The van der Waals surface area contributed by atoms with E-state index in [-0.39, 0.29) is 17.3 Å². The van der Waals surface area contributed by atoms with Gasteiger partial charge in [-0.2, -0.15) is 0 Å². The fourth-order valence-corrected chi connectivity index (χ4v) is 4.92. The maximum atomic E-state index is 12.3. The van der Waals surface area contributed by atoms with E-state index in [9.17, 15) is 4.79 Å². The third kappa shape index (κ3) is 3.95. The molecule has 8 heteroatoms. The van der Waals surface area contributed by atoms with Crippen LogP contribution in [0.1, 0.15) is 44.9 Å². The number of amides is 1. The summed E-state index contributed by atoms with van der Waals surface area (Å²) in [5, 5.41) is 12.8. The molecule has 1 N–H and O–H groups in total. The van der Waals surface area contributed by atoms with Crippen LogP contribution in [0.5, 0.6) is 0 Å². The van der Waals surface area contributed by atoms with Gasteiger partial charge in [0.25, 0.3) is 0 Å². The van der Waals surface area contributed by atoms with Gasteiger partial charge >= 0.3 is 0 Å². The van der Waals surface area contributed by atoms with E-state index in [1.165, 1.54) is 12.8 Å². The highest BCUT2D eigenvalue weighted by atomic mass is 32.2. The molecule has 4 heterocycles. The zero-order valence-electron chi connectivity index (χ0n) is 14.7. The van der Waals surface area contributed by atoms with Crippen molar-refractivity contribution in [3.63, 3.8) is 0 Å². The molecule has 3 saturated heterocycles. The molecule has 0 aromatic carbocycles. The number of carbonyl (C=O) groups is 1. The molecule has 3 aliphatic rings. The quantitative estimate of drug-likeness (QED) is 0.858. The number of nitrogens with one attached hydrogen (secondary N) is 1. The van der Waals surface area contributed by atoms with Crippen LogP contribution in [0, 0.1) is 0 Å². The summed E-state index contributed by atoms with van der Waals surface area (Å²) < 4.78 is 8.05. The third-order valence-electron chi connectivity index (χ3n) is 5.23.